The summed E-state index contributed by atoms with van der Waals surface area (Å²) in [5, 5.41) is 15.0. The van der Waals surface area contributed by atoms with Gasteiger partial charge in [-0.1, -0.05) is 13.8 Å². The number of benzene rings is 1. The molecule has 0 aromatic heterocycles. The smallest absolute Gasteiger partial charge is 0.396 e. The van der Waals surface area contributed by atoms with E-state index in [2.05, 4.69) is 5.10 Å². The van der Waals surface area contributed by atoms with E-state index >= 15 is 0 Å². The first kappa shape index (κ1) is 17.5. The zero-order valence-electron chi connectivity index (χ0n) is 12.6. The lowest BCUT2D eigenvalue weighted by Crippen LogP contribution is -2.22. The molecule has 0 saturated heterocycles. The molecule has 2 atom stereocenters. The van der Waals surface area contributed by atoms with Crippen LogP contribution < -0.4 is 5.01 Å². The minimum atomic E-state index is -4.33. The van der Waals surface area contributed by atoms with Gasteiger partial charge in [0, 0.05) is 25.3 Å². The van der Waals surface area contributed by atoms with Crippen LogP contribution in [0.4, 0.5) is 18.9 Å². The molecule has 0 heterocycles. The van der Waals surface area contributed by atoms with Crippen molar-refractivity contribution >= 4 is 11.4 Å². The number of nitrogens with zero attached hydrogens (tertiary/aromatic N) is 2. The molecular weight excluding hydrogens is 281 g/mol. The zero-order valence-corrected chi connectivity index (χ0v) is 12.6. The predicted octanol–water partition coefficient (Wildman–Crippen LogP) is 3.78. The van der Waals surface area contributed by atoms with Gasteiger partial charge in [0.05, 0.1) is 11.3 Å². The first-order valence-corrected chi connectivity index (χ1v) is 6.73. The first-order chi connectivity index (χ1) is 9.66. The summed E-state index contributed by atoms with van der Waals surface area (Å²) >= 11 is 0. The maximum Gasteiger partial charge on any atom is 0.416 e. The van der Waals surface area contributed by atoms with Gasteiger partial charge in [0.2, 0.25) is 0 Å². The largest absolute Gasteiger partial charge is 0.416 e. The predicted molar refractivity (Wildman–Crippen MR) is 78.4 cm³/mol. The highest BCUT2D eigenvalue weighted by atomic mass is 19.4. The van der Waals surface area contributed by atoms with Crippen LogP contribution in [0.3, 0.4) is 0 Å². The number of hydrogen-bond acceptors (Lipinski definition) is 3. The van der Waals surface area contributed by atoms with Crippen LogP contribution in [0.15, 0.2) is 29.4 Å². The molecule has 1 aromatic carbocycles. The maximum atomic E-state index is 12.5. The minimum Gasteiger partial charge on any atom is -0.396 e. The van der Waals surface area contributed by atoms with E-state index in [0.717, 1.165) is 17.8 Å². The Morgan fingerprint density at radius 2 is 1.76 bits per heavy atom. The average Bonchev–Trinajstić information content (AvgIpc) is 2.44. The molecule has 0 radical (unpaired) electrons. The third kappa shape index (κ3) is 4.74. The number of alkyl halides is 3. The molecule has 21 heavy (non-hydrogen) atoms. The lowest BCUT2D eigenvalue weighted by atomic mass is 9.93. The molecule has 0 saturated carbocycles. The van der Waals surface area contributed by atoms with Crippen LogP contribution in [0.2, 0.25) is 0 Å². The summed E-state index contributed by atoms with van der Waals surface area (Å²) in [4.78, 5) is 0. The van der Waals surface area contributed by atoms with E-state index in [1.54, 1.807) is 7.05 Å². The number of hydrazone groups is 1. The Kier molecular flexibility index (Phi) is 5.78. The van der Waals surface area contributed by atoms with Gasteiger partial charge in [0.25, 0.3) is 0 Å². The fraction of sp³-hybridized carbons (Fsp3) is 0.533. The first-order valence-electron chi connectivity index (χ1n) is 6.73. The monoisotopic (exact) mass is 302 g/mol. The molecule has 2 unspecified atom stereocenters. The summed E-state index contributed by atoms with van der Waals surface area (Å²) in [6, 6.07) is 4.85. The number of aliphatic hydroxyl groups excluding tert-OH is 1. The highest BCUT2D eigenvalue weighted by Crippen LogP contribution is 2.30. The van der Waals surface area contributed by atoms with Crippen LogP contribution in [0.25, 0.3) is 0 Å². The van der Waals surface area contributed by atoms with Crippen LogP contribution >= 0.6 is 0 Å². The molecule has 0 fully saturated rings. The van der Waals surface area contributed by atoms with Crippen LogP contribution in [0.1, 0.15) is 26.3 Å². The highest BCUT2D eigenvalue weighted by molar-refractivity contribution is 5.85. The molecule has 0 aliphatic heterocycles. The molecule has 118 valence electrons. The summed E-state index contributed by atoms with van der Waals surface area (Å²) < 4.78 is 37.5. The molecule has 1 rings (SSSR count). The number of anilines is 1. The molecule has 0 amide bonds. The van der Waals surface area contributed by atoms with Gasteiger partial charge in [0.15, 0.2) is 0 Å². The number of rotatable bonds is 5. The lowest BCUT2D eigenvalue weighted by molar-refractivity contribution is -0.137. The molecule has 0 spiro atoms. The van der Waals surface area contributed by atoms with Crippen LogP contribution in [-0.4, -0.2) is 24.5 Å². The molecule has 0 aliphatic rings. The van der Waals surface area contributed by atoms with Crippen molar-refractivity contribution in [2.24, 2.45) is 16.9 Å². The number of aliphatic hydroxyl groups is 1. The summed E-state index contributed by atoms with van der Waals surface area (Å²) in [5.74, 6) is 0.168. The normalized spacial score (nSPS) is 15.7. The fourth-order valence-electron chi connectivity index (χ4n) is 1.82. The highest BCUT2D eigenvalue weighted by Gasteiger charge is 2.30. The number of halogens is 3. The SMILES string of the molecule is C/C(=N/N(C)c1ccc(C(F)(F)F)cc1)C(C)C(C)CO. The zero-order chi connectivity index (χ0) is 16.2. The second-order valence-electron chi connectivity index (χ2n) is 5.26. The lowest BCUT2D eigenvalue weighted by Gasteiger charge is -2.21. The molecule has 3 nitrogen and oxygen atoms in total. The van der Waals surface area contributed by atoms with E-state index in [4.69, 9.17) is 5.11 Å². The molecule has 1 aromatic rings. The third-order valence-corrected chi connectivity index (χ3v) is 3.68. The van der Waals surface area contributed by atoms with Crippen LogP contribution in [0.5, 0.6) is 0 Å². The van der Waals surface area contributed by atoms with Crippen LogP contribution in [0, 0.1) is 11.8 Å². The topological polar surface area (TPSA) is 35.8 Å². The van der Waals surface area contributed by atoms with Crippen molar-refractivity contribution in [2.75, 3.05) is 18.7 Å². The average molecular weight is 302 g/mol. The Hall–Kier alpha value is -1.56. The van der Waals surface area contributed by atoms with Crippen molar-refractivity contribution < 1.29 is 18.3 Å². The molecule has 0 aliphatic carbocycles. The summed E-state index contributed by atoms with van der Waals surface area (Å²) in [6.07, 6.45) is -4.33. The van der Waals surface area contributed by atoms with Gasteiger partial charge in [-0.25, -0.2) is 0 Å². The van der Waals surface area contributed by atoms with Gasteiger partial charge < -0.3 is 5.11 Å². The minimum absolute atomic E-state index is 0.0675. The summed E-state index contributed by atoms with van der Waals surface area (Å²) in [6.45, 7) is 5.79. The molecular formula is C15H21F3N2O. The number of hydrogen-bond donors (Lipinski definition) is 1. The van der Waals surface area contributed by atoms with E-state index in [-0.39, 0.29) is 18.4 Å². The van der Waals surface area contributed by atoms with E-state index < -0.39 is 11.7 Å². The molecule has 0 bridgehead atoms. The Morgan fingerprint density at radius 3 is 2.19 bits per heavy atom. The van der Waals surface area contributed by atoms with Gasteiger partial charge in [-0.2, -0.15) is 18.3 Å². The standard InChI is InChI=1S/C15H21F3N2O/c1-10(9-21)11(2)12(3)19-20(4)14-7-5-13(6-8-14)15(16,17)18/h5-8,10-11,21H,9H2,1-4H3/b19-12-. The Balaban J connectivity index is 2.86. The summed E-state index contributed by atoms with van der Waals surface area (Å²) in [7, 11) is 1.68. The van der Waals surface area contributed by atoms with Gasteiger partial charge in [0.1, 0.15) is 0 Å². The third-order valence-electron chi connectivity index (χ3n) is 3.68. The van der Waals surface area contributed by atoms with Gasteiger partial charge in [-0.05, 0) is 37.1 Å². The quantitative estimate of drug-likeness (QED) is 0.663. The van der Waals surface area contributed by atoms with Crippen molar-refractivity contribution in [1.82, 2.24) is 0 Å². The Morgan fingerprint density at radius 1 is 1.24 bits per heavy atom. The van der Waals surface area contributed by atoms with E-state index in [1.807, 2.05) is 20.8 Å². The molecule has 6 heteroatoms. The fourth-order valence-corrected chi connectivity index (χ4v) is 1.82. The van der Waals surface area contributed by atoms with Gasteiger partial charge in [-0.3, -0.25) is 5.01 Å². The summed E-state index contributed by atoms with van der Waals surface area (Å²) in [5.41, 5.74) is 0.716. The van der Waals surface area contributed by atoms with Crippen molar-refractivity contribution in [3.8, 4) is 0 Å². The van der Waals surface area contributed by atoms with E-state index in [0.29, 0.717) is 5.69 Å². The van der Waals surface area contributed by atoms with Crippen molar-refractivity contribution in [3.63, 3.8) is 0 Å². The second-order valence-corrected chi connectivity index (χ2v) is 5.26. The van der Waals surface area contributed by atoms with E-state index in [9.17, 15) is 13.2 Å². The second kappa shape index (κ2) is 6.93. The van der Waals surface area contributed by atoms with E-state index in [1.165, 1.54) is 17.1 Å². The van der Waals surface area contributed by atoms with Crippen molar-refractivity contribution in [1.29, 1.82) is 0 Å². The van der Waals surface area contributed by atoms with Crippen molar-refractivity contribution in [3.05, 3.63) is 29.8 Å². The molecule has 1 N–H and O–H groups in total. The maximum absolute atomic E-state index is 12.5. The Bertz CT molecular complexity index is 483. The van der Waals surface area contributed by atoms with Gasteiger partial charge in [-0.15, -0.1) is 0 Å². The Labute approximate surface area is 123 Å². The van der Waals surface area contributed by atoms with Crippen molar-refractivity contribution in [2.45, 2.75) is 26.9 Å². The van der Waals surface area contributed by atoms with Crippen LogP contribution in [-0.2, 0) is 6.18 Å². The van der Waals surface area contributed by atoms with Gasteiger partial charge >= 0.3 is 6.18 Å².